The van der Waals surface area contributed by atoms with Gasteiger partial charge < -0.3 is 5.32 Å². The molecule has 0 amide bonds. The van der Waals surface area contributed by atoms with Crippen LogP contribution in [0.3, 0.4) is 0 Å². The van der Waals surface area contributed by atoms with Crippen molar-refractivity contribution in [3.8, 4) is 11.5 Å². The molecule has 0 radical (unpaired) electrons. The van der Waals surface area contributed by atoms with Crippen molar-refractivity contribution in [1.29, 1.82) is 0 Å². The Bertz CT molecular complexity index is 612. The maximum Gasteiger partial charge on any atom is 0.181 e. The first-order valence-corrected chi connectivity index (χ1v) is 6.92. The highest BCUT2D eigenvalue weighted by atomic mass is 35.5. The van der Waals surface area contributed by atoms with Gasteiger partial charge >= 0.3 is 0 Å². The molecule has 5 heteroatoms. The number of pyridine rings is 1. The van der Waals surface area contributed by atoms with Gasteiger partial charge in [-0.05, 0) is 38.3 Å². The Kier molecular flexibility index (Phi) is 3.34. The van der Waals surface area contributed by atoms with Gasteiger partial charge in [0.05, 0.1) is 5.02 Å². The van der Waals surface area contributed by atoms with Crippen molar-refractivity contribution >= 4 is 17.4 Å². The molecular weight excluding hydrogens is 260 g/mol. The fraction of sp³-hybridized carbons (Fsp3) is 0.357. The zero-order valence-electron chi connectivity index (χ0n) is 10.8. The molecule has 19 heavy (non-hydrogen) atoms. The average Bonchev–Trinajstić information content (AvgIpc) is 2.88. The second-order valence-electron chi connectivity index (χ2n) is 4.54. The van der Waals surface area contributed by atoms with E-state index in [1.54, 1.807) is 6.20 Å². The highest BCUT2D eigenvalue weighted by Gasteiger charge is 2.20. The third-order valence-corrected chi connectivity index (χ3v) is 3.55. The van der Waals surface area contributed by atoms with Crippen LogP contribution in [0.15, 0.2) is 18.3 Å². The molecule has 1 N–H and O–H groups in total. The van der Waals surface area contributed by atoms with Gasteiger partial charge in [-0.2, -0.15) is 0 Å². The molecule has 98 valence electrons. The summed E-state index contributed by atoms with van der Waals surface area (Å²) in [5.41, 5.74) is 3.03. The lowest BCUT2D eigenvalue weighted by Crippen LogP contribution is -2.07. The van der Waals surface area contributed by atoms with E-state index in [4.69, 9.17) is 11.6 Å². The predicted octanol–water partition coefficient (Wildman–Crippen LogP) is 3.11. The van der Waals surface area contributed by atoms with Crippen LogP contribution in [0.5, 0.6) is 0 Å². The summed E-state index contributed by atoms with van der Waals surface area (Å²) < 4.78 is 0. The normalized spacial score (nSPS) is 13.4. The van der Waals surface area contributed by atoms with Gasteiger partial charge in [-0.3, -0.25) is 4.98 Å². The third kappa shape index (κ3) is 2.28. The summed E-state index contributed by atoms with van der Waals surface area (Å²) in [7, 11) is 0. The van der Waals surface area contributed by atoms with Crippen molar-refractivity contribution in [3.63, 3.8) is 0 Å². The highest BCUT2D eigenvalue weighted by Crippen LogP contribution is 2.30. The summed E-state index contributed by atoms with van der Waals surface area (Å²) in [6, 6.07) is 3.62. The number of aromatic nitrogens is 3. The molecule has 2 aromatic heterocycles. The van der Waals surface area contributed by atoms with Crippen LogP contribution in [0, 0.1) is 0 Å². The van der Waals surface area contributed by atoms with Crippen LogP contribution in [-0.2, 0) is 12.8 Å². The number of fused-ring (bicyclic) bond motifs is 1. The molecule has 0 saturated heterocycles. The Morgan fingerprint density at radius 1 is 1.32 bits per heavy atom. The summed E-state index contributed by atoms with van der Waals surface area (Å²) in [5, 5.41) is 3.90. The van der Waals surface area contributed by atoms with Crippen LogP contribution in [-0.4, -0.2) is 21.5 Å². The van der Waals surface area contributed by atoms with Crippen molar-refractivity contribution < 1.29 is 0 Å². The zero-order valence-corrected chi connectivity index (χ0v) is 11.5. The van der Waals surface area contributed by atoms with Gasteiger partial charge in [0.25, 0.3) is 0 Å². The summed E-state index contributed by atoms with van der Waals surface area (Å²) in [4.78, 5) is 13.5. The van der Waals surface area contributed by atoms with E-state index in [2.05, 4.69) is 27.2 Å². The average molecular weight is 275 g/mol. The first-order valence-electron chi connectivity index (χ1n) is 6.54. The lowest BCUT2D eigenvalue weighted by molar-refractivity contribution is 0.899. The number of hydrogen-bond acceptors (Lipinski definition) is 4. The third-order valence-electron chi connectivity index (χ3n) is 3.25. The van der Waals surface area contributed by atoms with Gasteiger partial charge in [0.2, 0.25) is 0 Å². The van der Waals surface area contributed by atoms with Crippen LogP contribution >= 0.6 is 11.6 Å². The summed E-state index contributed by atoms with van der Waals surface area (Å²) in [5.74, 6) is 1.55. The first kappa shape index (κ1) is 12.4. The van der Waals surface area contributed by atoms with Crippen molar-refractivity contribution in [2.45, 2.75) is 26.2 Å². The molecule has 4 nitrogen and oxygen atoms in total. The van der Waals surface area contributed by atoms with Crippen LogP contribution in [0.25, 0.3) is 11.5 Å². The number of nitrogens with one attached hydrogen (secondary N) is 1. The topological polar surface area (TPSA) is 50.7 Å². The Balaban J connectivity index is 2.13. The van der Waals surface area contributed by atoms with Crippen molar-refractivity contribution in [2.24, 2.45) is 0 Å². The monoisotopic (exact) mass is 274 g/mol. The molecule has 2 heterocycles. The van der Waals surface area contributed by atoms with E-state index in [1.165, 1.54) is 5.56 Å². The van der Waals surface area contributed by atoms with Gasteiger partial charge in [0.1, 0.15) is 11.5 Å². The SMILES string of the molecule is CCNc1nc(-c2ncccc2Cl)nc2c1CCC2. The molecule has 0 saturated carbocycles. The first-order chi connectivity index (χ1) is 9.29. The van der Waals surface area contributed by atoms with E-state index < -0.39 is 0 Å². The maximum atomic E-state index is 6.18. The number of aryl methyl sites for hydroxylation is 1. The molecule has 0 atom stereocenters. The molecule has 0 fully saturated rings. The second kappa shape index (κ2) is 5.13. The molecule has 3 rings (SSSR count). The fourth-order valence-corrected chi connectivity index (χ4v) is 2.61. The van der Waals surface area contributed by atoms with E-state index in [1.807, 2.05) is 12.1 Å². The van der Waals surface area contributed by atoms with Crippen molar-refractivity contribution in [2.75, 3.05) is 11.9 Å². The molecule has 0 unspecified atom stereocenters. The lowest BCUT2D eigenvalue weighted by atomic mass is 10.2. The summed E-state index contributed by atoms with van der Waals surface area (Å²) in [6.45, 7) is 2.91. The highest BCUT2D eigenvalue weighted by molar-refractivity contribution is 6.32. The quantitative estimate of drug-likeness (QED) is 0.934. The van der Waals surface area contributed by atoms with E-state index in [-0.39, 0.29) is 0 Å². The Morgan fingerprint density at radius 2 is 2.21 bits per heavy atom. The predicted molar refractivity (Wildman–Crippen MR) is 76.5 cm³/mol. The Morgan fingerprint density at radius 3 is 3.00 bits per heavy atom. The summed E-state index contributed by atoms with van der Waals surface area (Å²) >= 11 is 6.18. The zero-order chi connectivity index (χ0) is 13.2. The van der Waals surface area contributed by atoms with Crippen molar-refractivity contribution in [3.05, 3.63) is 34.6 Å². The maximum absolute atomic E-state index is 6.18. The Hall–Kier alpha value is -1.68. The second-order valence-corrected chi connectivity index (χ2v) is 4.95. The van der Waals surface area contributed by atoms with Crippen LogP contribution in [0.4, 0.5) is 5.82 Å². The lowest BCUT2D eigenvalue weighted by Gasteiger charge is -2.11. The van der Waals surface area contributed by atoms with Crippen LogP contribution in [0.1, 0.15) is 24.6 Å². The number of rotatable bonds is 3. The van der Waals surface area contributed by atoms with Crippen molar-refractivity contribution in [1.82, 2.24) is 15.0 Å². The number of nitrogens with zero attached hydrogens (tertiary/aromatic N) is 3. The van der Waals surface area contributed by atoms with E-state index in [0.717, 1.165) is 37.3 Å². The minimum atomic E-state index is 0.586. The molecule has 0 spiro atoms. The Labute approximate surface area is 117 Å². The standard InChI is InChI=1S/C14H15ClN4/c1-2-16-13-9-5-3-7-11(9)18-14(19-13)12-10(15)6-4-8-17-12/h4,6,8H,2-3,5,7H2,1H3,(H,16,18,19). The summed E-state index contributed by atoms with van der Waals surface area (Å²) in [6.07, 6.45) is 4.91. The minimum absolute atomic E-state index is 0.586. The van der Waals surface area contributed by atoms with Gasteiger partial charge in [-0.25, -0.2) is 9.97 Å². The molecule has 1 aliphatic carbocycles. The molecule has 2 aromatic rings. The van der Waals surface area contributed by atoms with E-state index in [9.17, 15) is 0 Å². The fourth-order valence-electron chi connectivity index (χ4n) is 2.40. The smallest absolute Gasteiger partial charge is 0.181 e. The number of halogens is 1. The van der Waals surface area contributed by atoms with Crippen LogP contribution < -0.4 is 5.32 Å². The van der Waals surface area contributed by atoms with Gasteiger partial charge in [0.15, 0.2) is 5.82 Å². The molecule has 0 bridgehead atoms. The minimum Gasteiger partial charge on any atom is -0.370 e. The van der Waals surface area contributed by atoms with Gasteiger partial charge in [-0.15, -0.1) is 0 Å². The van der Waals surface area contributed by atoms with E-state index in [0.29, 0.717) is 16.5 Å². The molecule has 1 aliphatic rings. The molecule has 0 aromatic carbocycles. The van der Waals surface area contributed by atoms with Gasteiger partial charge in [0, 0.05) is 24.0 Å². The van der Waals surface area contributed by atoms with E-state index >= 15 is 0 Å². The molecular formula is C14H15ClN4. The number of hydrogen-bond donors (Lipinski definition) is 1. The largest absolute Gasteiger partial charge is 0.370 e. The van der Waals surface area contributed by atoms with Gasteiger partial charge in [-0.1, -0.05) is 11.6 Å². The van der Waals surface area contributed by atoms with Crippen LogP contribution in [0.2, 0.25) is 5.02 Å². The molecule has 0 aliphatic heterocycles. The number of anilines is 1.